The summed E-state index contributed by atoms with van der Waals surface area (Å²) in [6.07, 6.45) is 4.01. The number of aromatic nitrogens is 1. The maximum atomic E-state index is 13.4. The molecule has 1 fully saturated rings. The van der Waals surface area contributed by atoms with E-state index in [0.717, 1.165) is 43.1 Å². The molecule has 2 aromatic rings. The number of nitrogens with zero attached hydrogens (tertiary/aromatic N) is 3. The van der Waals surface area contributed by atoms with Gasteiger partial charge in [-0.15, -0.1) is 0 Å². The van der Waals surface area contributed by atoms with Crippen LogP contribution in [-0.4, -0.2) is 38.2 Å². The van der Waals surface area contributed by atoms with Gasteiger partial charge in [0.25, 0.3) is 0 Å². The standard InChI is InChI=1S/C18H23FN4/c1-22(2)16-8-9-20-18(12-16)21-15-6-4-10-23(13-15)17-7-3-5-14(19)11-17/h3,5,7-9,11-12,15H,4,6,10,13H2,1-2H3,(H,20,21)/t15-/m1/s1. The van der Waals surface area contributed by atoms with E-state index in [1.165, 1.54) is 6.07 Å². The van der Waals surface area contributed by atoms with Gasteiger partial charge in [0, 0.05) is 56.9 Å². The van der Waals surface area contributed by atoms with Crippen molar-refractivity contribution in [3.63, 3.8) is 0 Å². The molecule has 3 rings (SSSR count). The number of hydrogen-bond acceptors (Lipinski definition) is 4. The Morgan fingerprint density at radius 2 is 2.13 bits per heavy atom. The quantitative estimate of drug-likeness (QED) is 0.937. The van der Waals surface area contributed by atoms with Crippen molar-refractivity contribution in [1.29, 1.82) is 0 Å². The second-order valence-corrected chi connectivity index (χ2v) is 6.20. The first kappa shape index (κ1) is 15.6. The predicted octanol–water partition coefficient (Wildman–Crippen LogP) is 3.37. The van der Waals surface area contributed by atoms with E-state index in [1.807, 2.05) is 32.4 Å². The summed E-state index contributed by atoms with van der Waals surface area (Å²) < 4.78 is 13.4. The van der Waals surface area contributed by atoms with Crippen molar-refractivity contribution in [2.75, 3.05) is 42.3 Å². The van der Waals surface area contributed by atoms with Gasteiger partial charge in [0.1, 0.15) is 11.6 Å². The number of nitrogens with one attached hydrogen (secondary N) is 1. The first-order valence-electron chi connectivity index (χ1n) is 8.02. The zero-order valence-electron chi connectivity index (χ0n) is 13.7. The molecule has 23 heavy (non-hydrogen) atoms. The van der Waals surface area contributed by atoms with E-state index in [0.29, 0.717) is 6.04 Å². The summed E-state index contributed by atoms with van der Waals surface area (Å²) in [4.78, 5) is 8.71. The van der Waals surface area contributed by atoms with E-state index in [-0.39, 0.29) is 5.82 Å². The zero-order chi connectivity index (χ0) is 16.2. The lowest BCUT2D eigenvalue weighted by atomic mass is 10.0. The molecule has 0 saturated carbocycles. The van der Waals surface area contributed by atoms with Crippen LogP contribution in [0.25, 0.3) is 0 Å². The number of pyridine rings is 1. The maximum absolute atomic E-state index is 13.4. The van der Waals surface area contributed by atoms with Crippen molar-refractivity contribution in [3.8, 4) is 0 Å². The van der Waals surface area contributed by atoms with E-state index < -0.39 is 0 Å². The molecule has 0 radical (unpaired) electrons. The van der Waals surface area contributed by atoms with Gasteiger partial charge in [-0.25, -0.2) is 9.37 Å². The third kappa shape index (κ3) is 3.92. The van der Waals surface area contributed by atoms with Crippen LogP contribution in [0.15, 0.2) is 42.6 Å². The van der Waals surface area contributed by atoms with E-state index in [9.17, 15) is 4.39 Å². The summed E-state index contributed by atoms with van der Waals surface area (Å²) in [5.41, 5.74) is 2.08. The van der Waals surface area contributed by atoms with Gasteiger partial charge in [0.15, 0.2) is 0 Å². The molecule has 1 N–H and O–H groups in total. The molecule has 1 aliphatic heterocycles. The molecule has 1 aliphatic rings. The molecule has 2 heterocycles. The summed E-state index contributed by atoms with van der Waals surface area (Å²) in [6.45, 7) is 1.82. The lowest BCUT2D eigenvalue weighted by molar-refractivity contribution is 0.527. The van der Waals surface area contributed by atoms with Crippen molar-refractivity contribution >= 4 is 17.2 Å². The highest BCUT2D eigenvalue weighted by Crippen LogP contribution is 2.23. The van der Waals surface area contributed by atoms with Crippen molar-refractivity contribution in [2.24, 2.45) is 0 Å². The van der Waals surface area contributed by atoms with Crippen LogP contribution in [0, 0.1) is 5.82 Å². The Balaban J connectivity index is 1.68. The molecule has 1 aromatic carbocycles. The summed E-state index contributed by atoms with van der Waals surface area (Å²) >= 11 is 0. The number of hydrogen-bond donors (Lipinski definition) is 1. The fraction of sp³-hybridized carbons (Fsp3) is 0.389. The Morgan fingerprint density at radius 1 is 1.26 bits per heavy atom. The molecule has 0 bridgehead atoms. The first-order valence-corrected chi connectivity index (χ1v) is 8.02. The number of benzene rings is 1. The van der Waals surface area contributed by atoms with E-state index >= 15 is 0 Å². The van der Waals surface area contributed by atoms with E-state index in [1.54, 1.807) is 12.1 Å². The SMILES string of the molecule is CN(C)c1ccnc(N[C@@H]2CCCN(c3cccc(F)c3)C2)c1. The average Bonchev–Trinajstić information content (AvgIpc) is 2.55. The zero-order valence-corrected chi connectivity index (χ0v) is 13.7. The Morgan fingerprint density at radius 3 is 2.91 bits per heavy atom. The normalized spacial score (nSPS) is 17.9. The molecule has 1 atom stereocenters. The number of rotatable bonds is 4. The van der Waals surface area contributed by atoms with E-state index in [4.69, 9.17) is 0 Å². The van der Waals surface area contributed by atoms with Gasteiger partial charge < -0.3 is 15.1 Å². The predicted molar refractivity (Wildman–Crippen MR) is 93.8 cm³/mol. The van der Waals surface area contributed by atoms with Crippen LogP contribution in [0.4, 0.5) is 21.6 Å². The van der Waals surface area contributed by atoms with Crippen LogP contribution >= 0.6 is 0 Å². The minimum Gasteiger partial charge on any atom is -0.378 e. The van der Waals surface area contributed by atoms with Crippen molar-refractivity contribution < 1.29 is 4.39 Å². The monoisotopic (exact) mass is 314 g/mol. The molecule has 0 aliphatic carbocycles. The van der Waals surface area contributed by atoms with Crippen molar-refractivity contribution in [1.82, 2.24) is 4.98 Å². The summed E-state index contributed by atoms with van der Waals surface area (Å²) in [7, 11) is 4.04. The van der Waals surface area contributed by atoms with Crippen molar-refractivity contribution in [3.05, 3.63) is 48.4 Å². The molecule has 1 aromatic heterocycles. The molecular formula is C18H23FN4. The van der Waals surface area contributed by atoms with Crippen molar-refractivity contribution in [2.45, 2.75) is 18.9 Å². The smallest absolute Gasteiger partial charge is 0.128 e. The minimum atomic E-state index is -0.182. The van der Waals surface area contributed by atoms with Gasteiger partial charge in [-0.1, -0.05) is 6.07 Å². The molecule has 4 nitrogen and oxygen atoms in total. The highest BCUT2D eigenvalue weighted by molar-refractivity contribution is 5.54. The molecule has 122 valence electrons. The molecule has 0 spiro atoms. The van der Waals surface area contributed by atoms with E-state index in [2.05, 4.69) is 26.2 Å². The highest BCUT2D eigenvalue weighted by atomic mass is 19.1. The second kappa shape index (κ2) is 6.86. The Bertz CT molecular complexity index is 659. The Kier molecular flexibility index (Phi) is 4.65. The topological polar surface area (TPSA) is 31.4 Å². The fourth-order valence-corrected chi connectivity index (χ4v) is 2.99. The van der Waals surface area contributed by atoms with Gasteiger partial charge in [-0.2, -0.15) is 0 Å². The van der Waals surface area contributed by atoms with Crippen LogP contribution in [0.5, 0.6) is 0 Å². The van der Waals surface area contributed by atoms with Gasteiger partial charge in [0.05, 0.1) is 0 Å². The lowest BCUT2D eigenvalue weighted by Crippen LogP contribution is -2.42. The maximum Gasteiger partial charge on any atom is 0.128 e. The lowest BCUT2D eigenvalue weighted by Gasteiger charge is -2.35. The average molecular weight is 314 g/mol. The van der Waals surface area contributed by atoms with Gasteiger partial charge in [0.2, 0.25) is 0 Å². The third-order valence-electron chi connectivity index (χ3n) is 4.21. The molecule has 0 amide bonds. The largest absolute Gasteiger partial charge is 0.378 e. The van der Waals surface area contributed by atoms with Gasteiger partial charge in [-0.3, -0.25) is 0 Å². The van der Waals surface area contributed by atoms with Gasteiger partial charge >= 0.3 is 0 Å². The molecule has 1 saturated heterocycles. The van der Waals surface area contributed by atoms with Gasteiger partial charge in [-0.05, 0) is 37.1 Å². The van der Waals surface area contributed by atoms with Crippen LogP contribution in [0.1, 0.15) is 12.8 Å². The van der Waals surface area contributed by atoms with Crippen LogP contribution < -0.4 is 15.1 Å². The number of anilines is 3. The number of halogens is 1. The third-order valence-corrected chi connectivity index (χ3v) is 4.21. The summed E-state index contributed by atoms with van der Waals surface area (Å²) in [5, 5.41) is 3.52. The summed E-state index contributed by atoms with van der Waals surface area (Å²) in [5.74, 6) is 0.709. The fourth-order valence-electron chi connectivity index (χ4n) is 2.99. The van der Waals surface area contributed by atoms with Crippen LogP contribution in [0.3, 0.4) is 0 Å². The van der Waals surface area contributed by atoms with Crippen LogP contribution in [-0.2, 0) is 0 Å². The molecule has 0 unspecified atom stereocenters. The summed E-state index contributed by atoms with van der Waals surface area (Å²) in [6, 6.07) is 11.2. The highest BCUT2D eigenvalue weighted by Gasteiger charge is 2.20. The minimum absolute atomic E-state index is 0.182. The second-order valence-electron chi connectivity index (χ2n) is 6.20. The first-order chi connectivity index (χ1) is 11.1. The Hall–Kier alpha value is -2.30. The van der Waals surface area contributed by atoms with Crippen LogP contribution in [0.2, 0.25) is 0 Å². The molecular weight excluding hydrogens is 291 g/mol. The molecule has 5 heteroatoms. The number of piperidine rings is 1. The Labute approximate surface area is 136 Å².